The minimum absolute atomic E-state index is 0.127. The van der Waals surface area contributed by atoms with Crippen molar-refractivity contribution in [3.8, 4) is 0 Å². The molecule has 6 aliphatic rings. The number of amides is 1. The molecule has 3 N–H and O–H groups in total. The maximum atomic E-state index is 12.0. The summed E-state index contributed by atoms with van der Waals surface area (Å²) in [6.07, 6.45) is 16.3. The zero-order valence-corrected chi connectivity index (χ0v) is 33.7. The number of nitrogens with zero attached hydrogens (tertiary/aromatic N) is 1. The van der Waals surface area contributed by atoms with Crippen molar-refractivity contribution >= 4 is 15.7 Å². The van der Waals surface area contributed by atoms with Crippen molar-refractivity contribution in [2.75, 3.05) is 37.7 Å². The average molecular weight is 714 g/mol. The lowest BCUT2D eigenvalue weighted by Crippen LogP contribution is -2.68. The number of carbonyl (C=O) groups is 1. The van der Waals surface area contributed by atoms with Crippen molar-refractivity contribution in [3.05, 3.63) is 23.8 Å². The molecule has 0 aromatic heterocycles. The fraction of sp³-hybridized carbons (Fsp3) is 0.881. The van der Waals surface area contributed by atoms with Crippen LogP contribution >= 0.6 is 0 Å². The molecule has 284 valence electrons. The van der Waals surface area contributed by atoms with Gasteiger partial charge in [0.15, 0.2) is 9.84 Å². The van der Waals surface area contributed by atoms with Gasteiger partial charge in [-0.1, -0.05) is 72.3 Å². The van der Waals surface area contributed by atoms with Crippen LogP contribution in [0.2, 0.25) is 0 Å². The van der Waals surface area contributed by atoms with Crippen LogP contribution in [0.1, 0.15) is 132 Å². The third-order valence-corrected chi connectivity index (χ3v) is 18.6. The lowest BCUT2D eigenvalue weighted by Gasteiger charge is -2.72. The highest BCUT2D eigenvalue weighted by Gasteiger charge is 2.70. The van der Waals surface area contributed by atoms with Crippen LogP contribution in [0.5, 0.6) is 0 Å². The molecule has 50 heavy (non-hydrogen) atoms. The maximum absolute atomic E-state index is 12.0. The Labute approximate surface area is 305 Å². The van der Waals surface area contributed by atoms with E-state index < -0.39 is 9.84 Å². The molecular formula is C42H71N3O4S. The van der Waals surface area contributed by atoms with E-state index in [0.29, 0.717) is 71.4 Å². The molecule has 0 aromatic rings. The Bertz CT molecular complexity index is 1460. The van der Waals surface area contributed by atoms with Gasteiger partial charge in [-0.25, -0.2) is 13.9 Å². The smallest absolute Gasteiger partial charge is 0.243 e. The normalized spacial score (nSPS) is 42.3. The van der Waals surface area contributed by atoms with Crippen LogP contribution in [0.3, 0.4) is 0 Å². The fourth-order valence-electron chi connectivity index (χ4n) is 14.0. The topological polar surface area (TPSA) is 98.7 Å². The zero-order chi connectivity index (χ0) is 36.5. The van der Waals surface area contributed by atoms with Crippen molar-refractivity contribution in [2.45, 2.75) is 138 Å². The van der Waals surface area contributed by atoms with E-state index in [9.17, 15) is 13.2 Å². The van der Waals surface area contributed by atoms with Gasteiger partial charge in [-0.05, 0) is 134 Å². The van der Waals surface area contributed by atoms with Crippen LogP contribution in [0.25, 0.3) is 0 Å². The van der Waals surface area contributed by atoms with Crippen LogP contribution in [-0.4, -0.2) is 67.7 Å². The van der Waals surface area contributed by atoms with Crippen molar-refractivity contribution in [1.82, 2.24) is 15.7 Å². The van der Waals surface area contributed by atoms with Gasteiger partial charge in [0.1, 0.15) is 0 Å². The first kappa shape index (κ1) is 38.5. The van der Waals surface area contributed by atoms with E-state index >= 15 is 0 Å². The van der Waals surface area contributed by atoms with Crippen molar-refractivity contribution in [3.63, 3.8) is 0 Å². The summed E-state index contributed by atoms with van der Waals surface area (Å²) in [4.78, 5) is 14.3. The molecule has 0 bridgehead atoms. The Balaban J connectivity index is 1.21. The summed E-state index contributed by atoms with van der Waals surface area (Å²) in [7, 11) is -2.86. The van der Waals surface area contributed by atoms with Crippen molar-refractivity contribution in [2.24, 2.45) is 56.7 Å². The number of hydroxylamine groups is 1. The van der Waals surface area contributed by atoms with E-state index in [2.05, 4.69) is 78.3 Å². The van der Waals surface area contributed by atoms with Gasteiger partial charge in [0, 0.05) is 38.1 Å². The summed E-state index contributed by atoms with van der Waals surface area (Å²) in [6, 6.07) is 0. The number of rotatable bonds is 10. The predicted molar refractivity (Wildman–Crippen MR) is 203 cm³/mol. The second-order valence-corrected chi connectivity index (χ2v) is 22.6. The minimum atomic E-state index is -2.86. The Morgan fingerprint density at radius 1 is 0.980 bits per heavy atom. The molecule has 0 spiro atoms. The summed E-state index contributed by atoms with van der Waals surface area (Å²) in [6.45, 7) is 27.5. The Hall–Kier alpha value is -1.22. The maximum Gasteiger partial charge on any atom is 0.243 e. The van der Waals surface area contributed by atoms with E-state index in [1.807, 2.05) is 5.48 Å². The van der Waals surface area contributed by atoms with E-state index in [1.165, 1.54) is 56.9 Å². The molecule has 1 amide bonds. The summed E-state index contributed by atoms with van der Waals surface area (Å²) in [5, 5.41) is 13.3. The Morgan fingerprint density at radius 2 is 1.68 bits per heavy atom. The Kier molecular flexibility index (Phi) is 10.2. The number of fused-ring (bicyclic) bond motifs is 7. The molecular weight excluding hydrogens is 643 g/mol. The SMILES string of the molecule is C=C(C)C1CCC2(NCCN3CCS(=O)(=O)CC3)CCC3(C)C(CCC4C5(C)CC=C(CCC(C)(C)CC(=O)NO)C(C)(C)C5CCC43C)C12. The molecule has 9 atom stereocenters. The summed E-state index contributed by atoms with van der Waals surface area (Å²) < 4.78 is 24.1. The Morgan fingerprint density at radius 3 is 2.34 bits per heavy atom. The van der Waals surface area contributed by atoms with Crippen molar-refractivity contribution < 1.29 is 18.4 Å². The quantitative estimate of drug-likeness (QED) is 0.121. The number of hydrogen-bond donors (Lipinski definition) is 3. The first-order chi connectivity index (χ1) is 23.2. The number of hydrogen-bond acceptors (Lipinski definition) is 6. The number of allylic oxidation sites excluding steroid dienone is 3. The lowest BCUT2D eigenvalue weighted by atomic mass is 9.33. The van der Waals surface area contributed by atoms with Crippen LogP contribution in [0, 0.1) is 56.7 Å². The molecule has 5 aliphatic carbocycles. The summed E-state index contributed by atoms with van der Waals surface area (Å²) in [5.74, 6) is 3.55. The third-order valence-electron chi connectivity index (χ3n) is 17.0. The van der Waals surface area contributed by atoms with E-state index in [-0.39, 0.29) is 27.7 Å². The van der Waals surface area contributed by atoms with Gasteiger partial charge in [0.05, 0.1) is 11.5 Å². The number of nitrogens with one attached hydrogen (secondary N) is 2. The van der Waals surface area contributed by atoms with Gasteiger partial charge >= 0.3 is 0 Å². The minimum Gasteiger partial charge on any atom is -0.310 e. The predicted octanol–water partition coefficient (Wildman–Crippen LogP) is 7.95. The molecule has 1 heterocycles. The average Bonchev–Trinajstić information content (AvgIpc) is 3.41. The zero-order valence-electron chi connectivity index (χ0n) is 32.9. The van der Waals surface area contributed by atoms with Crippen LogP contribution in [0.15, 0.2) is 23.8 Å². The molecule has 5 fully saturated rings. The molecule has 1 aliphatic heterocycles. The first-order valence-corrected chi connectivity index (χ1v) is 22.0. The van der Waals surface area contributed by atoms with Crippen molar-refractivity contribution in [1.29, 1.82) is 0 Å². The largest absolute Gasteiger partial charge is 0.310 e. The van der Waals surface area contributed by atoms with Crippen LogP contribution < -0.4 is 10.8 Å². The third kappa shape index (κ3) is 6.40. The molecule has 0 radical (unpaired) electrons. The van der Waals surface area contributed by atoms with Gasteiger partial charge in [-0.15, -0.1) is 0 Å². The van der Waals surface area contributed by atoms with Gasteiger partial charge < -0.3 is 10.2 Å². The molecule has 0 aromatic carbocycles. The first-order valence-electron chi connectivity index (χ1n) is 20.2. The van der Waals surface area contributed by atoms with Gasteiger partial charge in [-0.2, -0.15) is 0 Å². The van der Waals surface area contributed by atoms with Gasteiger partial charge in [-0.3, -0.25) is 10.0 Å². The lowest BCUT2D eigenvalue weighted by molar-refractivity contribution is -0.221. The second kappa shape index (κ2) is 13.3. The highest BCUT2D eigenvalue weighted by molar-refractivity contribution is 7.91. The summed E-state index contributed by atoms with van der Waals surface area (Å²) >= 11 is 0. The summed E-state index contributed by atoms with van der Waals surface area (Å²) in [5.41, 5.74) is 5.79. The molecule has 9 unspecified atom stereocenters. The van der Waals surface area contributed by atoms with E-state index in [0.717, 1.165) is 32.4 Å². The molecule has 6 rings (SSSR count). The number of carbonyl (C=O) groups excluding carboxylic acids is 1. The van der Waals surface area contributed by atoms with Gasteiger partial charge in [0.2, 0.25) is 5.91 Å². The van der Waals surface area contributed by atoms with E-state index in [4.69, 9.17) is 5.21 Å². The molecule has 1 saturated heterocycles. The standard InChI is InChI=1S/C42H71N3O4S/c1-29(2)31-14-19-42(43-22-23-45-24-26-50(48,49)27-25-45)21-20-40(8)32(36(31)42)10-11-34-39(7)17-13-30(12-16-37(3,4)28-35(46)44-47)38(5,6)33(39)15-18-41(34,40)9/h13,31-34,36,43,47H,1,10-12,14-28H2,2-9H3,(H,44,46). The van der Waals surface area contributed by atoms with Crippen LogP contribution in [0.4, 0.5) is 0 Å². The number of sulfone groups is 1. The second-order valence-electron chi connectivity index (χ2n) is 20.3. The molecule has 8 heteroatoms. The van der Waals surface area contributed by atoms with Crippen LogP contribution in [-0.2, 0) is 14.6 Å². The highest BCUT2D eigenvalue weighted by atomic mass is 32.2. The monoisotopic (exact) mass is 714 g/mol. The van der Waals surface area contributed by atoms with E-state index in [1.54, 1.807) is 5.57 Å². The fourth-order valence-corrected chi connectivity index (χ4v) is 15.3. The molecule has 4 saturated carbocycles. The van der Waals surface area contributed by atoms with Gasteiger partial charge in [0.25, 0.3) is 0 Å². The molecule has 7 nitrogen and oxygen atoms in total. The highest BCUT2D eigenvalue weighted by Crippen LogP contribution is 2.76.